The van der Waals surface area contributed by atoms with Crippen LogP contribution in [0.15, 0.2) is 35.3 Å². The van der Waals surface area contributed by atoms with Crippen LogP contribution in [0.2, 0.25) is 5.02 Å². The van der Waals surface area contributed by atoms with Crippen LogP contribution >= 0.6 is 22.9 Å². The highest BCUT2D eigenvalue weighted by Crippen LogP contribution is 2.37. The van der Waals surface area contributed by atoms with E-state index in [1.54, 1.807) is 52.8 Å². The first-order valence-corrected chi connectivity index (χ1v) is 14.0. The Bertz CT molecular complexity index is 1560. The van der Waals surface area contributed by atoms with Crippen LogP contribution in [0.5, 0.6) is 5.75 Å². The van der Waals surface area contributed by atoms with E-state index in [-0.39, 0.29) is 26.9 Å². The molecule has 1 unspecified atom stereocenters. The zero-order valence-electron chi connectivity index (χ0n) is 23.9. The summed E-state index contributed by atoms with van der Waals surface area (Å²) < 4.78 is 50.3. The Morgan fingerprint density at radius 1 is 1.09 bits per heavy atom. The van der Waals surface area contributed by atoms with Gasteiger partial charge in [-0.05, 0) is 51.0 Å². The molecule has 14 heteroatoms. The molecule has 0 bridgehead atoms. The Kier molecular flexibility index (Phi) is 10.8. The molecule has 0 spiro atoms. The summed E-state index contributed by atoms with van der Waals surface area (Å²) in [6.45, 7) is 7.15. The lowest BCUT2D eigenvalue weighted by atomic mass is 9.97. The number of carbonyl (C=O) groups is 4. The summed E-state index contributed by atoms with van der Waals surface area (Å²) in [5.74, 6) is -7.15. The fraction of sp³-hybridized carbons (Fsp3) is 0.345. The third-order valence-electron chi connectivity index (χ3n) is 5.71. The highest BCUT2D eigenvalue weighted by molar-refractivity contribution is 7.21. The number of fused-ring (bicyclic) bond motifs is 1. The monoisotopic (exact) mass is 638 g/mol. The molecule has 3 rings (SSSR count). The molecule has 0 saturated heterocycles. The van der Waals surface area contributed by atoms with Gasteiger partial charge in [-0.15, -0.1) is 11.3 Å². The molecule has 0 fully saturated rings. The van der Waals surface area contributed by atoms with E-state index in [1.165, 1.54) is 0 Å². The van der Waals surface area contributed by atoms with E-state index >= 15 is 0 Å². The third-order valence-corrected chi connectivity index (χ3v) is 7.20. The summed E-state index contributed by atoms with van der Waals surface area (Å²) in [4.78, 5) is 52.6. The van der Waals surface area contributed by atoms with E-state index < -0.39 is 66.2 Å². The molecular weight excluding hydrogens is 610 g/mol. The van der Waals surface area contributed by atoms with Crippen LogP contribution in [0.25, 0.3) is 10.1 Å². The Labute approximate surface area is 254 Å². The highest BCUT2D eigenvalue weighted by Gasteiger charge is 2.26. The van der Waals surface area contributed by atoms with E-state index in [0.717, 1.165) is 29.7 Å². The van der Waals surface area contributed by atoms with E-state index in [0.29, 0.717) is 10.1 Å². The molecule has 1 aromatic heterocycles. The Hall–Kier alpha value is -4.10. The van der Waals surface area contributed by atoms with Crippen LogP contribution in [-0.4, -0.2) is 42.5 Å². The molecule has 1 heterocycles. The van der Waals surface area contributed by atoms with E-state index in [9.17, 15) is 28.0 Å². The zero-order valence-corrected chi connectivity index (χ0v) is 25.4. The number of carbonyl (C=O) groups excluding carboxylic acids is 4. The molecule has 0 aliphatic carbocycles. The summed E-state index contributed by atoms with van der Waals surface area (Å²) in [7, 11) is 0. The van der Waals surface area contributed by atoms with Crippen LogP contribution in [0, 0.1) is 23.5 Å². The lowest BCUT2D eigenvalue weighted by Gasteiger charge is -2.18. The van der Waals surface area contributed by atoms with Crippen molar-refractivity contribution >= 4 is 63.2 Å². The zero-order chi connectivity index (χ0) is 32.1. The number of halogens is 3. The van der Waals surface area contributed by atoms with Gasteiger partial charge in [0.05, 0.1) is 5.92 Å². The second-order valence-corrected chi connectivity index (χ2v) is 11.9. The number of amides is 2. The van der Waals surface area contributed by atoms with Crippen molar-refractivity contribution in [1.82, 2.24) is 0 Å². The number of hydrogen-bond acceptors (Lipinski definition) is 9. The van der Waals surface area contributed by atoms with Crippen molar-refractivity contribution in [2.24, 2.45) is 22.6 Å². The second-order valence-electron chi connectivity index (χ2n) is 10.5. The smallest absolute Gasteiger partial charge is 0.433 e. The molecule has 1 atom stereocenters. The minimum Gasteiger partial charge on any atom is -0.483 e. The maximum absolute atomic E-state index is 14.5. The van der Waals surface area contributed by atoms with Gasteiger partial charge in [0.15, 0.2) is 17.4 Å². The van der Waals surface area contributed by atoms with Crippen LogP contribution in [0.4, 0.5) is 13.6 Å². The predicted octanol–water partition coefficient (Wildman–Crippen LogP) is 6.45. The van der Waals surface area contributed by atoms with E-state index in [2.05, 4.69) is 4.99 Å². The molecule has 10 nitrogen and oxygen atoms in total. The molecular formula is C29H29ClF2N2O8S. The van der Waals surface area contributed by atoms with Gasteiger partial charge in [0.2, 0.25) is 12.7 Å². The normalized spacial score (nSPS) is 12.4. The average Bonchev–Trinajstić information content (AvgIpc) is 3.26. The fourth-order valence-corrected chi connectivity index (χ4v) is 5.16. The van der Waals surface area contributed by atoms with E-state index in [4.69, 9.17) is 36.3 Å². The fourth-order valence-electron chi connectivity index (χ4n) is 3.69. The van der Waals surface area contributed by atoms with Crippen molar-refractivity contribution in [2.75, 3.05) is 6.79 Å². The number of benzene rings is 2. The van der Waals surface area contributed by atoms with Crippen molar-refractivity contribution in [1.29, 1.82) is 0 Å². The maximum atomic E-state index is 14.5. The quantitative estimate of drug-likeness (QED) is 0.152. The summed E-state index contributed by atoms with van der Waals surface area (Å²) >= 11 is 7.34. The minimum absolute atomic E-state index is 0.0133. The third kappa shape index (κ3) is 8.71. The highest BCUT2D eigenvalue weighted by atomic mass is 35.5. The second kappa shape index (κ2) is 13.9. The molecule has 0 radical (unpaired) electrons. The van der Waals surface area contributed by atoms with Gasteiger partial charge in [0.1, 0.15) is 17.1 Å². The molecule has 2 aromatic carbocycles. The van der Waals surface area contributed by atoms with Crippen LogP contribution < -0.4 is 10.5 Å². The average molecular weight is 639 g/mol. The lowest BCUT2D eigenvalue weighted by Crippen LogP contribution is -2.27. The molecule has 0 aliphatic heterocycles. The molecule has 230 valence electrons. The maximum Gasteiger partial charge on any atom is 0.433 e. The number of nitrogens with two attached hydrogens (primary N) is 1. The Morgan fingerprint density at radius 2 is 1.74 bits per heavy atom. The topological polar surface area (TPSA) is 144 Å². The number of aliphatic imine (C=N–C) groups is 1. The molecule has 43 heavy (non-hydrogen) atoms. The van der Waals surface area contributed by atoms with Gasteiger partial charge in [-0.25, -0.2) is 18.4 Å². The SMILES string of the molecule is CC(C)C(C=NC(=O)OC(C)(C)C)C(=O)OCOC(=O)c1sc2cccc(Cl)c2c1COc1c(F)cc(C(N)=O)cc1F. The molecule has 2 N–H and O–H groups in total. The first-order valence-electron chi connectivity index (χ1n) is 12.8. The van der Waals surface area contributed by atoms with Crippen molar-refractivity contribution < 1.29 is 46.9 Å². The van der Waals surface area contributed by atoms with Crippen molar-refractivity contribution in [3.8, 4) is 5.75 Å². The molecule has 0 aliphatic rings. The summed E-state index contributed by atoms with van der Waals surface area (Å²) in [5, 5.41) is 0.637. The first kappa shape index (κ1) is 33.4. The van der Waals surface area contributed by atoms with Gasteiger partial charge in [-0.1, -0.05) is 31.5 Å². The van der Waals surface area contributed by atoms with Crippen LogP contribution in [0.3, 0.4) is 0 Å². The number of ether oxygens (including phenoxy) is 4. The number of nitrogens with zero attached hydrogens (tertiary/aromatic N) is 1. The van der Waals surface area contributed by atoms with Gasteiger partial charge < -0.3 is 24.7 Å². The predicted molar refractivity (Wildman–Crippen MR) is 155 cm³/mol. The van der Waals surface area contributed by atoms with Gasteiger partial charge in [-0.3, -0.25) is 9.59 Å². The lowest BCUT2D eigenvalue weighted by molar-refractivity contribution is -0.155. The summed E-state index contributed by atoms with van der Waals surface area (Å²) in [6, 6.07) is 6.34. The van der Waals surface area contributed by atoms with Crippen LogP contribution in [0.1, 0.15) is 60.2 Å². The summed E-state index contributed by atoms with van der Waals surface area (Å²) in [5.41, 5.74) is 4.10. The molecule has 0 saturated carbocycles. The van der Waals surface area contributed by atoms with Gasteiger partial charge in [0.25, 0.3) is 0 Å². The van der Waals surface area contributed by atoms with Gasteiger partial charge in [0, 0.05) is 32.5 Å². The standard InChI is InChI=1S/C29H29ClF2N2O8S/c1-14(2)16(11-34-28(38)42-29(3,4)5)26(36)40-13-41-27(37)24-17(22-18(30)7-6-8-21(22)43-24)12-39-23-19(31)9-15(25(33)35)10-20(23)32/h6-11,14,16H,12-13H2,1-5H3,(H2,33,35). The van der Waals surface area contributed by atoms with Gasteiger partial charge >= 0.3 is 18.0 Å². The summed E-state index contributed by atoms with van der Waals surface area (Å²) in [6.07, 6.45) is 0.236. The van der Waals surface area contributed by atoms with Crippen molar-refractivity contribution in [2.45, 2.75) is 46.8 Å². The van der Waals surface area contributed by atoms with Gasteiger partial charge in [-0.2, -0.15) is 4.99 Å². The molecule has 2 amide bonds. The number of esters is 2. The minimum atomic E-state index is -1.18. The number of primary amides is 1. The van der Waals surface area contributed by atoms with Crippen LogP contribution in [-0.2, 0) is 25.6 Å². The van der Waals surface area contributed by atoms with Crippen molar-refractivity contribution in [3.05, 3.63) is 63.0 Å². The largest absolute Gasteiger partial charge is 0.483 e. The van der Waals surface area contributed by atoms with E-state index in [1.807, 2.05) is 0 Å². The van der Waals surface area contributed by atoms with Crippen molar-refractivity contribution in [3.63, 3.8) is 0 Å². The Balaban J connectivity index is 1.76. The number of rotatable bonds is 10. The first-order chi connectivity index (χ1) is 20.1. The molecule has 3 aromatic rings. The number of hydrogen-bond donors (Lipinski definition) is 1. The number of thiophene rings is 1. The Morgan fingerprint density at radius 3 is 2.33 bits per heavy atom.